The molecule has 0 fully saturated rings. The summed E-state index contributed by atoms with van der Waals surface area (Å²) in [5.74, 6) is 0.347. The maximum absolute atomic E-state index is 12.8. The molecule has 0 radical (unpaired) electrons. The fourth-order valence-corrected chi connectivity index (χ4v) is 4.15. The Balaban J connectivity index is 1.57. The van der Waals surface area contributed by atoms with E-state index in [1.54, 1.807) is 36.6 Å². The molecule has 2 N–H and O–H groups in total. The van der Waals surface area contributed by atoms with Crippen molar-refractivity contribution in [1.29, 1.82) is 0 Å². The molecule has 1 aliphatic heterocycles. The number of fused-ring (bicyclic) bond motifs is 1. The van der Waals surface area contributed by atoms with E-state index in [0.717, 1.165) is 16.8 Å². The van der Waals surface area contributed by atoms with Gasteiger partial charge in [-0.3, -0.25) is 19.3 Å². The van der Waals surface area contributed by atoms with Crippen LogP contribution in [0.3, 0.4) is 0 Å². The van der Waals surface area contributed by atoms with E-state index in [2.05, 4.69) is 9.98 Å². The van der Waals surface area contributed by atoms with Gasteiger partial charge in [0, 0.05) is 16.8 Å². The van der Waals surface area contributed by atoms with E-state index >= 15 is 0 Å². The molecule has 34 heavy (non-hydrogen) atoms. The minimum Gasteiger partial charge on any atom is -0.494 e. The van der Waals surface area contributed by atoms with Crippen LogP contribution < -0.4 is 10.3 Å². The monoisotopic (exact) mass is 487 g/mol. The molecule has 0 unspecified atom stereocenters. The average Bonchev–Trinajstić information content (AvgIpc) is 3.26. The van der Waals surface area contributed by atoms with Crippen LogP contribution in [0.1, 0.15) is 16.7 Å². The Morgan fingerprint density at radius 2 is 1.82 bits per heavy atom. The molecule has 8 heteroatoms. The zero-order valence-corrected chi connectivity index (χ0v) is 19.3. The molecule has 5 rings (SSSR count). The second-order valence-corrected chi connectivity index (χ2v) is 8.41. The van der Waals surface area contributed by atoms with Crippen molar-refractivity contribution >= 4 is 47.4 Å². The highest BCUT2D eigenvalue weighted by Crippen LogP contribution is 2.40. The number of nitrogens with zero attached hydrogens (tertiary/aromatic N) is 2. The number of aliphatic imine (C=N–C) groups is 1. The Kier molecular flexibility index (Phi) is 5.88. The summed E-state index contributed by atoms with van der Waals surface area (Å²) in [5.41, 5.74) is 3.24. The average molecular weight is 488 g/mol. The minimum atomic E-state index is -0.509. The van der Waals surface area contributed by atoms with E-state index in [9.17, 15) is 9.90 Å². The number of H-pyrrole nitrogens is 1. The Morgan fingerprint density at radius 3 is 2.59 bits per heavy atom. The van der Waals surface area contributed by atoms with Gasteiger partial charge in [0.1, 0.15) is 17.9 Å². The van der Waals surface area contributed by atoms with Gasteiger partial charge in [-0.1, -0.05) is 48.0 Å². The van der Waals surface area contributed by atoms with Crippen molar-refractivity contribution < 1.29 is 9.84 Å². The van der Waals surface area contributed by atoms with Crippen LogP contribution in [-0.4, -0.2) is 20.9 Å². The first-order chi connectivity index (χ1) is 16.5. The number of hydrogen-bond donors (Lipinski definition) is 2. The fraction of sp³-hybridized carbons (Fsp3) is 0.0385. The molecule has 0 atom stereocenters. The molecular weight excluding hydrogens is 470 g/mol. The molecule has 0 saturated heterocycles. The van der Waals surface area contributed by atoms with Gasteiger partial charge in [0.2, 0.25) is 5.88 Å². The first-order valence-electron chi connectivity index (χ1n) is 10.4. The molecule has 0 aliphatic carbocycles. The SMILES string of the molecule is O=c1[nH]c(=S)n(-c2ccc(Cl)cc2)c(O)c1C=C1C=Nc2cccc(OCc3ccccc3)c21. The van der Waals surface area contributed by atoms with E-state index in [0.29, 0.717) is 28.6 Å². The summed E-state index contributed by atoms with van der Waals surface area (Å²) in [7, 11) is 0. The number of rotatable bonds is 5. The molecule has 0 spiro atoms. The number of aromatic amines is 1. The summed E-state index contributed by atoms with van der Waals surface area (Å²) < 4.78 is 7.53. The van der Waals surface area contributed by atoms with Crippen LogP contribution in [0.15, 0.2) is 82.6 Å². The summed E-state index contributed by atoms with van der Waals surface area (Å²) in [4.78, 5) is 19.8. The van der Waals surface area contributed by atoms with Crippen LogP contribution in [0.4, 0.5) is 5.69 Å². The maximum atomic E-state index is 12.8. The van der Waals surface area contributed by atoms with Crippen molar-refractivity contribution in [2.45, 2.75) is 6.61 Å². The van der Waals surface area contributed by atoms with Crippen molar-refractivity contribution in [2.24, 2.45) is 4.99 Å². The van der Waals surface area contributed by atoms with Crippen LogP contribution in [0.2, 0.25) is 5.02 Å². The second kappa shape index (κ2) is 9.13. The molecule has 6 nitrogen and oxygen atoms in total. The Bertz CT molecular complexity index is 1560. The number of hydrogen-bond acceptors (Lipinski definition) is 5. The van der Waals surface area contributed by atoms with Gasteiger partial charge in [0.15, 0.2) is 4.77 Å². The number of nitrogens with one attached hydrogen (secondary N) is 1. The van der Waals surface area contributed by atoms with E-state index < -0.39 is 5.56 Å². The third-order valence-corrected chi connectivity index (χ3v) is 5.91. The lowest BCUT2D eigenvalue weighted by atomic mass is 10.0. The Labute approximate surface area is 205 Å². The van der Waals surface area contributed by atoms with Crippen LogP contribution >= 0.6 is 23.8 Å². The standard InChI is InChI=1S/C26H18ClN3O3S/c27-18-9-11-19(12-10-18)30-25(32)20(24(31)29-26(30)34)13-17-14-28-21-7-4-8-22(23(17)21)33-15-16-5-2-1-3-6-16/h1-14,32H,15H2,(H,29,31,34). The zero-order chi connectivity index (χ0) is 23.7. The second-order valence-electron chi connectivity index (χ2n) is 7.59. The van der Waals surface area contributed by atoms with Crippen LogP contribution in [-0.2, 0) is 6.61 Å². The number of aromatic hydroxyl groups is 1. The summed E-state index contributed by atoms with van der Waals surface area (Å²) in [6, 6.07) is 22.2. The first-order valence-corrected chi connectivity index (χ1v) is 11.2. The van der Waals surface area contributed by atoms with Gasteiger partial charge in [-0.15, -0.1) is 0 Å². The minimum absolute atomic E-state index is 0.0516. The lowest BCUT2D eigenvalue weighted by molar-refractivity contribution is 0.305. The summed E-state index contributed by atoms with van der Waals surface area (Å²) >= 11 is 11.3. The van der Waals surface area contributed by atoms with Gasteiger partial charge in [-0.2, -0.15) is 0 Å². The molecule has 2 heterocycles. The predicted molar refractivity (Wildman–Crippen MR) is 137 cm³/mol. The van der Waals surface area contributed by atoms with Crippen LogP contribution in [0.25, 0.3) is 17.3 Å². The maximum Gasteiger partial charge on any atom is 0.262 e. The lowest BCUT2D eigenvalue weighted by Gasteiger charge is -2.13. The van der Waals surface area contributed by atoms with Crippen molar-refractivity contribution in [3.63, 3.8) is 0 Å². The topological polar surface area (TPSA) is 79.6 Å². The van der Waals surface area contributed by atoms with Gasteiger partial charge < -0.3 is 9.84 Å². The molecule has 0 bridgehead atoms. The smallest absolute Gasteiger partial charge is 0.262 e. The molecule has 0 amide bonds. The molecule has 1 aromatic heterocycles. The van der Waals surface area contributed by atoms with Crippen LogP contribution in [0.5, 0.6) is 11.6 Å². The number of aromatic nitrogens is 2. The highest BCUT2D eigenvalue weighted by atomic mass is 35.5. The Hall–Kier alpha value is -3.94. The number of halogens is 1. The molecular formula is C26H18ClN3O3S. The Morgan fingerprint density at radius 1 is 1.06 bits per heavy atom. The molecule has 3 aromatic carbocycles. The fourth-order valence-electron chi connectivity index (χ4n) is 3.74. The third-order valence-electron chi connectivity index (χ3n) is 5.38. The highest BCUT2D eigenvalue weighted by Gasteiger charge is 2.20. The van der Waals surface area contributed by atoms with E-state index in [-0.39, 0.29) is 16.2 Å². The van der Waals surface area contributed by atoms with Crippen molar-refractivity contribution in [2.75, 3.05) is 0 Å². The number of allylic oxidation sites excluding steroid dienone is 1. The quantitative estimate of drug-likeness (QED) is 0.334. The molecule has 0 saturated carbocycles. The normalized spacial score (nSPS) is 13.3. The molecule has 4 aromatic rings. The molecule has 168 valence electrons. The van der Waals surface area contributed by atoms with Gasteiger partial charge in [-0.25, -0.2) is 0 Å². The third kappa shape index (κ3) is 4.19. The van der Waals surface area contributed by atoms with E-state index in [1.165, 1.54) is 4.57 Å². The number of ether oxygens (including phenoxy) is 1. The number of benzene rings is 3. The van der Waals surface area contributed by atoms with Crippen molar-refractivity contribution in [3.8, 4) is 17.3 Å². The summed E-state index contributed by atoms with van der Waals surface area (Å²) in [5, 5.41) is 11.6. The van der Waals surface area contributed by atoms with Gasteiger partial charge in [0.05, 0.1) is 16.9 Å². The highest BCUT2D eigenvalue weighted by molar-refractivity contribution is 7.71. The van der Waals surface area contributed by atoms with Crippen molar-refractivity contribution in [1.82, 2.24) is 9.55 Å². The van der Waals surface area contributed by atoms with Gasteiger partial charge in [0.25, 0.3) is 5.56 Å². The molecule has 1 aliphatic rings. The summed E-state index contributed by atoms with van der Waals surface area (Å²) in [6.07, 6.45) is 3.23. The zero-order valence-electron chi connectivity index (χ0n) is 17.7. The predicted octanol–water partition coefficient (Wildman–Crippen LogP) is 6.09. The van der Waals surface area contributed by atoms with Crippen molar-refractivity contribution in [3.05, 3.63) is 110 Å². The van der Waals surface area contributed by atoms with Gasteiger partial charge in [-0.05, 0) is 60.3 Å². The lowest BCUT2D eigenvalue weighted by Crippen LogP contribution is -2.16. The van der Waals surface area contributed by atoms with Crippen LogP contribution in [0, 0.1) is 4.77 Å². The largest absolute Gasteiger partial charge is 0.494 e. The first kappa shape index (κ1) is 21.9. The van der Waals surface area contributed by atoms with E-state index in [4.69, 9.17) is 28.6 Å². The van der Waals surface area contributed by atoms with E-state index in [1.807, 2.05) is 48.5 Å². The summed E-state index contributed by atoms with van der Waals surface area (Å²) in [6.45, 7) is 0.387. The van der Waals surface area contributed by atoms with Gasteiger partial charge >= 0.3 is 0 Å².